The predicted molar refractivity (Wildman–Crippen MR) is 109 cm³/mol. The molecule has 0 unspecified atom stereocenters. The third kappa shape index (κ3) is 3.76. The van der Waals surface area contributed by atoms with E-state index in [-0.39, 0.29) is 0 Å². The molecule has 4 aromatic rings. The molecule has 0 aliphatic carbocycles. The summed E-state index contributed by atoms with van der Waals surface area (Å²) in [6, 6.07) is 18.6. The van der Waals surface area contributed by atoms with Crippen molar-refractivity contribution in [3.05, 3.63) is 88.7 Å². The topological polar surface area (TPSA) is 30.7 Å². The molecule has 2 aromatic carbocycles. The summed E-state index contributed by atoms with van der Waals surface area (Å²) in [6.07, 6.45) is 3.68. The molecule has 0 radical (unpaired) electrons. The number of hydrogen-bond donors (Lipinski definition) is 0. The normalized spacial score (nSPS) is 11.2. The van der Waals surface area contributed by atoms with E-state index < -0.39 is 0 Å². The quantitative estimate of drug-likeness (QED) is 0.414. The number of fused-ring (bicyclic) bond motifs is 1. The molecule has 26 heavy (non-hydrogen) atoms. The van der Waals surface area contributed by atoms with Gasteiger partial charge in [-0.15, -0.1) is 0 Å². The molecule has 2 aromatic heterocycles. The van der Waals surface area contributed by atoms with Crippen LogP contribution >= 0.6 is 23.4 Å². The van der Waals surface area contributed by atoms with Crippen LogP contribution in [0.5, 0.6) is 0 Å². The van der Waals surface area contributed by atoms with Crippen molar-refractivity contribution in [2.24, 2.45) is 0 Å². The van der Waals surface area contributed by atoms with Gasteiger partial charge in [-0.1, -0.05) is 65.3 Å². The second-order valence-electron chi connectivity index (χ2n) is 6.25. The first-order chi connectivity index (χ1) is 12.7. The Bertz CT molecular complexity index is 1040. The lowest BCUT2D eigenvalue weighted by Crippen LogP contribution is -2.02. The first-order valence-electron chi connectivity index (χ1n) is 8.42. The molecule has 0 bridgehead atoms. The van der Waals surface area contributed by atoms with Crippen molar-refractivity contribution in [1.82, 2.24) is 14.5 Å². The van der Waals surface area contributed by atoms with Gasteiger partial charge in [-0.25, -0.2) is 4.98 Å². The first kappa shape index (κ1) is 17.1. The number of aryl methyl sites for hydroxylation is 1. The fourth-order valence-corrected chi connectivity index (χ4v) is 4.03. The lowest BCUT2D eigenvalue weighted by Gasteiger charge is -2.09. The molecule has 0 spiro atoms. The number of nitrogens with zero attached hydrogens (tertiary/aromatic N) is 3. The van der Waals surface area contributed by atoms with Crippen LogP contribution in [0.4, 0.5) is 0 Å². The standard InChI is InChI=1S/C21H18ClN3S/c1-15-5-7-16(8-6-15)13-25-20-12-23-10-9-19(20)24-21(25)26-14-17-3-2-4-18(22)11-17/h2-12H,13-14H2,1H3. The van der Waals surface area contributed by atoms with Crippen LogP contribution in [0.1, 0.15) is 16.7 Å². The van der Waals surface area contributed by atoms with Crippen molar-refractivity contribution >= 4 is 34.4 Å². The van der Waals surface area contributed by atoms with Gasteiger partial charge in [-0.05, 0) is 36.2 Å². The zero-order valence-electron chi connectivity index (χ0n) is 14.4. The van der Waals surface area contributed by atoms with Crippen LogP contribution in [0, 0.1) is 6.92 Å². The van der Waals surface area contributed by atoms with Crippen molar-refractivity contribution in [2.75, 3.05) is 0 Å². The van der Waals surface area contributed by atoms with Gasteiger partial charge < -0.3 is 4.57 Å². The smallest absolute Gasteiger partial charge is 0.169 e. The van der Waals surface area contributed by atoms with Crippen molar-refractivity contribution in [3.8, 4) is 0 Å². The molecule has 5 heteroatoms. The average Bonchev–Trinajstić information content (AvgIpc) is 3.00. The molecule has 0 fully saturated rings. The van der Waals surface area contributed by atoms with Crippen molar-refractivity contribution < 1.29 is 0 Å². The van der Waals surface area contributed by atoms with E-state index in [1.807, 2.05) is 30.5 Å². The van der Waals surface area contributed by atoms with E-state index >= 15 is 0 Å². The van der Waals surface area contributed by atoms with Crippen molar-refractivity contribution in [3.63, 3.8) is 0 Å². The van der Waals surface area contributed by atoms with Crippen LogP contribution in [0.3, 0.4) is 0 Å². The van der Waals surface area contributed by atoms with Crippen LogP contribution in [-0.4, -0.2) is 14.5 Å². The van der Waals surface area contributed by atoms with E-state index in [4.69, 9.17) is 16.6 Å². The van der Waals surface area contributed by atoms with Gasteiger partial charge in [0.15, 0.2) is 5.16 Å². The van der Waals surface area contributed by atoms with Gasteiger partial charge in [0.25, 0.3) is 0 Å². The maximum atomic E-state index is 6.10. The van der Waals surface area contributed by atoms with E-state index in [0.29, 0.717) is 0 Å². The minimum Gasteiger partial charge on any atom is -0.313 e. The lowest BCUT2D eigenvalue weighted by atomic mass is 10.1. The molecule has 0 atom stereocenters. The molecule has 0 amide bonds. The third-order valence-electron chi connectivity index (χ3n) is 4.23. The molecule has 0 saturated heterocycles. The Morgan fingerprint density at radius 3 is 2.69 bits per heavy atom. The summed E-state index contributed by atoms with van der Waals surface area (Å²) < 4.78 is 2.24. The third-order valence-corrected chi connectivity index (χ3v) is 5.52. The number of halogens is 1. The van der Waals surface area contributed by atoms with Crippen LogP contribution < -0.4 is 0 Å². The Labute approximate surface area is 162 Å². The highest BCUT2D eigenvalue weighted by Crippen LogP contribution is 2.28. The second kappa shape index (κ2) is 7.52. The molecule has 3 nitrogen and oxygen atoms in total. The van der Waals surface area contributed by atoms with Gasteiger partial charge >= 0.3 is 0 Å². The van der Waals surface area contributed by atoms with E-state index in [0.717, 1.165) is 33.5 Å². The first-order valence-corrected chi connectivity index (χ1v) is 9.78. The second-order valence-corrected chi connectivity index (χ2v) is 7.63. The van der Waals surface area contributed by atoms with Crippen molar-refractivity contribution in [1.29, 1.82) is 0 Å². The summed E-state index contributed by atoms with van der Waals surface area (Å²) in [5.41, 5.74) is 5.74. The minimum absolute atomic E-state index is 0.764. The summed E-state index contributed by atoms with van der Waals surface area (Å²) >= 11 is 7.83. The zero-order chi connectivity index (χ0) is 17.9. The van der Waals surface area contributed by atoms with E-state index in [2.05, 4.69) is 46.8 Å². The summed E-state index contributed by atoms with van der Waals surface area (Å²) in [6.45, 7) is 2.88. The van der Waals surface area contributed by atoms with Gasteiger partial charge in [0, 0.05) is 17.0 Å². The largest absolute Gasteiger partial charge is 0.313 e. The zero-order valence-corrected chi connectivity index (χ0v) is 16.0. The summed E-state index contributed by atoms with van der Waals surface area (Å²) in [4.78, 5) is 9.10. The highest BCUT2D eigenvalue weighted by Gasteiger charge is 2.12. The summed E-state index contributed by atoms with van der Waals surface area (Å²) in [5, 5.41) is 1.76. The van der Waals surface area contributed by atoms with E-state index in [1.54, 1.807) is 18.0 Å². The molecule has 130 valence electrons. The van der Waals surface area contributed by atoms with Crippen LogP contribution in [-0.2, 0) is 12.3 Å². The Balaban J connectivity index is 1.65. The van der Waals surface area contributed by atoms with Crippen LogP contribution in [0.25, 0.3) is 11.0 Å². The van der Waals surface area contributed by atoms with Gasteiger partial charge in [0.05, 0.1) is 23.8 Å². The molecule has 0 aliphatic heterocycles. The van der Waals surface area contributed by atoms with E-state index in [1.165, 1.54) is 16.7 Å². The van der Waals surface area contributed by atoms with Gasteiger partial charge in [-0.2, -0.15) is 0 Å². The van der Waals surface area contributed by atoms with Crippen LogP contribution in [0.15, 0.2) is 72.1 Å². The monoisotopic (exact) mass is 379 g/mol. The highest BCUT2D eigenvalue weighted by atomic mass is 35.5. The molecule has 4 rings (SSSR count). The molecule has 2 heterocycles. The Kier molecular flexibility index (Phi) is 4.96. The fourth-order valence-electron chi connectivity index (χ4n) is 2.86. The molecular formula is C21H18ClN3S. The lowest BCUT2D eigenvalue weighted by molar-refractivity contribution is 0.730. The van der Waals surface area contributed by atoms with Gasteiger partial charge in [0.1, 0.15) is 0 Å². The number of thioether (sulfide) groups is 1. The Morgan fingerprint density at radius 1 is 1.04 bits per heavy atom. The number of benzene rings is 2. The summed E-state index contributed by atoms with van der Waals surface area (Å²) in [7, 11) is 0. The highest BCUT2D eigenvalue weighted by molar-refractivity contribution is 7.98. The maximum Gasteiger partial charge on any atom is 0.169 e. The maximum absolute atomic E-state index is 6.10. The number of rotatable bonds is 5. The molecule has 0 aliphatic rings. The number of aromatic nitrogens is 3. The summed E-state index contributed by atoms with van der Waals surface area (Å²) in [5.74, 6) is 0.825. The van der Waals surface area contributed by atoms with Gasteiger partial charge in [-0.3, -0.25) is 4.98 Å². The predicted octanol–water partition coefficient (Wildman–Crippen LogP) is 5.73. The SMILES string of the molecule is Cc1ccc(Cn2c(SCc3cccc(Cl)c3)nc3ccncc32)cc1. The fraction of sp³-hybridized carbons (Fsp3) is 0.143. The average molecular weight is 380 g/mol. The number of imidazole rings is 1. The molecule has 0 saturated carbocycles. The number of hydrogen-bond acceptors (Lipinski definition) is 3. The van der Waals surface area contributed by atoms with Crippen molar-refractivity contribution in [2.45, 2.75) is 24.4 Å². The van der Waals surface area contributed by atoms with E-state index in [9.17, 15) is 0 Å². The van der Waals surface area contributed by atoms with Gasteiger partial charge in [0.2, 0.25) is 0 Å². The molecule has 0 N–H and O–H groups in total. The number of pyridine rings is 1. The minimum atomic E-state index is 0.764. The Hall–Kier alpha value is -2.30. The Morgan fingerprint density at radius 2 is 1.88 bits per heavy atom. The van der Waals surface area contributed by atoms with Crippen LogP contribution in [0.2, 0.25) is 5.02 Å². The molecular weight excluding hydrogens is 362 g/mol.